The topological polar surface area (TPSA) is 54.0 Å². The Labute approximate surface area is 163 Å². The van der Waals surface area contributed by atoms with Gasteiger partial charge in [0.05, 0.1) is 13.2 Å². The van der Waals surface area contributed by atoms with Gasteiger partial charge in [0.2, 0.25) is 0 Å². The Bertz CT molecular complexity index is 642. The summed E-state index contributed by atoms with van der Waals surface area (Å²) >= 11 is 0. The first-order valence-electron chi connectivity index (χ1n) is 10.1. The molecule has 4 atom stereocenters. The van der Waals surface area contributed by atoms with Gasteiger partial charge in [0.25, 0.3) is 0 Å². The van der Waals surface area contributed by atoms with Crippen LogP contribution in [-0.2, 0) is 4.74 Å². The largest absolute Gasteiger partial charge is 0.497 e. The number of hydrogen-bond donors (Lipinski definition) is 2. The SMILES string of the molecule is C#CC1CCCC(OC2NCCN(c3ccc(OC)cc3)C2(O)CCC)C1. The number of methoxy groups -OCH3 is 1. The van der Waals surface area contributed by atoms with E-state index in [0.29, 0.717) is 6.42 Å². The summed E-state index contributed by atoms with van der Waals surface area (Å²) in [4.78, 5) is 2.07. The highest BCUT2D eigenvalue weighted by Crippen LogP contribution is 2.35. The second kappa shape index (κ2) is 8.97. The van der Waals surface area contributed by atoms with Crippen LogP contribution in [0.2, 0.25) is 0 Å². The van der Waals surface area contributed by atoms with Crippen molar-refractivity contribution in [1.29, 1.82) is 0 Å². The van der Waals surface area contributed by atoms with E-state index in [1.165, 1.54) is 0 Å². The number of benzene rings is 1. The first-order chi connectivity index (χ1) is 13.1. The summed E-state index contributed by atoms with van der Waals surface area (Å²) in [7, 11) is 1.66. The molecule has 0 bridgehead atoms. The number of piperazine rings is 1. The molecule has 1 saturated carbocycles. The maximum Gasteiger partial charge on any atom is 0.178 e. The molecular formula is C22H32N2O3. The second-order valence-corrected chi connectivity index (χ2v) is 7.60. The van der Waals surface area contributed by atoms with Crippen LogP contribution in [0, 0.1) is 18.3 Å². The lowest BCUT2D eigenvalue weighted by Crippen LogP contribution is -2.69. The number of terminal acetylenes is 1. The number of nitrogens with zero attached hydrogens (tertiary/aromatic N) is 1. The van der Waals surface area contributed by atoms with E-state index in [9.17, 15) is 5.11 Å². The fraction of sp³-hybridized carbons (Fsp3) is 0.636. The zero-order chi connectivity index (χ0) is 19.3. The van der Waals surface area contributed by atoms with Crippen molar-refractivity contribution in [2.45, 2.75) is 63.5 Å². The van der Waals surface area contributed by atoms with Crippen LogP contribution in [0.1, 0.15) is 45.4 Å². The van der Waals surface area contributed by atoms with Gasteiger partial charge < -0.3 is 19.5 Å². The molecule has 4 unspecified atom stereocenters. The molecule has 0 aromatic heterocycles. The highest BCUT2D eigenvalue weighted by Gasteiger charge is 2.46. The van der Waals surface area contributed by atoms with Crippen molar-refractivity contribution in [2.75, 3.05) is 25.1 Å². The van der Waals surface area contributed by atoms with Gasteiger partial charge in [-0.15, -0.1) is 12.3 Å². The predicted octanol–water partition coefficient (Wildman–Crippen LogP) is 3.13. The molecule has 5 heteroatoms. The minimum absolute atomic E-state index is 0.0940. The van der Waals surface area contributed by atoms with E-state index in [1.807, 2.05) is 24.3 Å². The van der Waals surface area contributed by atoms with Crippen LogP contribution < -0.4 is 15.0 Å². The minimum Gasteiger partial charge on any atom is -0.497 e. The normalized spacial score (nSPS) is 31.3. The average Bonchev–Trinajstić information content (AvgIpc) is 2.70. The number of ether oxygens (including phenoxy) is 2. The lowest BCUT2D eigenvalue weighted by atomic mass is 9.87. The second-order valence-electron chi connectivity index (χ2n) is 7.60. The van der Waals surface area contributed by atoms with E-state index in [1.54, 1.807) is 7.11 Å². The Balaban J connectivity index is 1.79. The zero-order valence-electron chi connectivity index (χ0n) is 16.5. The van der Waals surface area contributed by atoms with Crippen LogP contribution in [-0.4, -0.2) is 43.4 Å². The van der Waals surface area contributed by atoms with E-state index in [4.69, 9.17) is 15.9 Å². The van der Waals surface area contributed by atoms with Gasteiger partial charge in [-0.05, 0) is 56.4 Å². The van der Waals surface area contributed by atoms with Gasteiger partial charge in [0.15, 0.2) is 12.0 Å². The molecule has 2 N–H and O–H groups in total. The van der Waals surface area contributed by atoms with Crippen molar-refractivity contribution in [3.05, 3.63) is 24.3 Å². The van der Waals surface area contributed by atoms with Gasteiger partial charge >= 0.3 is 0 Å². The molecular weight excluding hydrogens is 340 g/mol. The van der Waals surface area contributed by atoms with Crippen LogP contribution in [0.3, 0.4) is 0 Å². The molecule has 5 nitrogen and oxygen atoms in total. The van der Waals surface area contributed by atoms with Gasteiger partial charge in [0, 0.05) is 24.7 Å². The molecule has 2 fully saturated rings. The molecule has 0 radical (unpaired) electrons. The first-order valence-corrected chi connectivity index (χ1v) is 10.1. The number of aliphatic hydroxyl groups is 1. The van der Waals surface area contributed by atoms with Crippen molar-refractivity contribution in [3.63, 3.8) is 0 Å². The first kappa shape index (κ1) is 20.0. The van der Waals surface area contributed by atoms with Crippen LogP contribution in [0.5, 0.6) is 5.75 Å². The minimum atomic E-state index is -1.09. The number of rotatable bonds is 6. The van der Waals surface area contributed by atoms with Crippen molar-refractivity contribution in [1.82, 2.24) is 5.32 Å². The van der Waals surface area contributed by atoms with E-state index >= 15 is 0 Å². The Kier molecular flexibility index (Phi) is 6.64. The molecule has 2 aliphatic rings. The van der Waals surface area contributed by atoms with Gasteiger partial charge in [-0.1, -0.05) is 13.3 Å². The summed E-state index contributed by atoms with van der Waals surface area (Å²) < 4.78 is 11.7. The van der Waals surface area contributed by atoms with Crippen LogP contribution >= 0.6 is 0 Å². The maximum atomic E-state index is 11.7. The van der Waals surface area contributed by atoms with E-state index in [0.717, 1.165) is 56.6 Å². The Morgan fingerprint density at radius 2 is 2.11 bits per heavy atom. The van der Waals surface area contributed by atoms with E-state index in [-0.39, 0.29) is 12.0 Å². The van der Waals surface area contributed by atoms with Crippen LogP contribution in [0.4, 0.5) is 5.69 Å². The van der Waals surface area contributed by atoms with Crippen molar-refractivity contribution in [3.8, 4) is 18.1 Å². The third kappa shape index (κ3) is 4.40. The average molecular weight is 373 g/mol. The highest BCUT2D eigenvalue weighted by atomic mass is 16.5. The standard InChI is InChI=1S/C22H32N2O3/c1-4-13-22(25)21(27-20-8-6-7-17(5-2)16-20)23-14-15-24(22)18-9-11-19(26-3)12-10-18/h2,9-12,17,20-21,23,25H,4,6-8,13-16H2,1,3H3. The summed E-state index contributed by atoms with van der Waals surface area (Å²) in [5, 5.41) is 15.1. The Morgan fingerprint density at radius 3 is 2.78 bits per heavy atom. The number of hydrogen-bond acceptors (Lipinski definition) is 5. The summed E-state index contributed by atoms with van der Waals surface area (Å²) in [6.07, 6.45) is 10.8. The molecule has 1 aliphatic heterocycles. The number of anilines is 1. The van der Waals surface area contributed by atoms with Gasteiger partial charge in [-0.3, -0.25) is 5.32 Å². The molecule has 0 spiro atoms. The van der Waals surface area contributed by atoms with Gasteiger partial charge in [-0.25, -0.2) is 0 Å². The maximum absolute atomic E-state index is 11.7. The third-order valence-electron chi connectivity index (χ3n) is 5.74. The Hall–Kier alpha value is -1.74. The van der Waals surface area contributed by atoms with Crippen molar-refractivity contribution < 1.29 is 14.6 Å². The lowest BCUT2D eigenvalue weighted by molar-refractivity contribution is -0.169. The van der Waals surface area contributed by atoms with E-state index in [2.05, 4.69) is 23.1 Å². The molecule has 1 saturated heterocycles. The molecule has 148 valence electrons. The fourth-order valence-electron chi connectivity index (χ4n) is 4.32. The number of nitrogens with one attached hydrogen (secondary N) is 1. The summed E-state index contributed by atoms with van der Waals surface area (Å²) in [5.41, 5.74) is -0.114. The fourth-order valence-corrected chi connectivity index (χ4v) is 4.32. The lowest BCUT2D eigenvalue weighted by Gasteiger charge is -2.50. The predicted molar refractivity (Wildman–Crippen MR) is 108 cm³/mol. The smallest absolute Gasteiger partial charge is 0.178 e. The van der Waals surface area contributed by atoms with E-state index < -0.39 is 12.0 Å². The molecule has 1 aliphatic carbocycles. The van der Waals surface area contributed by atoms with Crippen molar-refractivity contribution in [2.24, 2.45) is 5.92 Å². The molecule has 1 aromatic rings. The molecule has 1 aromatic carbocycles. The van der Waals surface area contributed by atoms with Gasteiger partial charge in [0.1, 0.15) is 5.75 Å². The summed E-state index contributed by atoms with van der Waals surface area (Å²) in [6.45, 7) is 3.57. The van der Waals surface area contributed by atoms with Crippen LogP contribution in [0.25, 0.3) is 0 Å². The Morgan fingerprint density at radius 1 is 1.33 bits per heavy atom. The third-order valence-corrected chi connectivity index (χ3v) is 5.74. The van der Waals surface area contributed by atoms with Crippen LogP contribution in [0.15, 0.2) is 24.3 Å². The summed E-state index contributed by atoms with van der Waals surface area (Å²) in [5.74, 6) is 3.97. The molecule has 27 heavy (non-hydrogen) atoms. The highest BCUT2D eigenvalue weighted by molar-refractivity contribution is 5.51. The molecule has 1 heterocycles. The van der Waals surface area contributed by atoms with Crippen molar-refractivity contribution >= 4 is 5.69 Å². The monoisotopic (exact) mass is 372 g/mol. The molecule has 0 amide bonds. The molecule has 3 rings (SSSR count). The van der Waals surface area contributed by atoms with Gasteiger partial charge in [-0.2, -0.15) is 0 Å². The zero-order valence-corrected chi connectivity index (χ0v) is 16.5. The quantitative estimate of drug-likeness (QED) is 0.752. The summed E-state index contributed by atoms with van der Waals surface area (Å²) in [6, 6.07) is 7.85.